The molecular formula is C28H38N6O4. The van der Waals surface area contributed by atoms with E-state index in [2.05, 4.69) is 57.5 Å². The molecule has 2 N–H and O–H groups in total. The van der Waals surface area contributed by atoms with Crippen LogP contribution in [0, 0.1) is 0 Å². The van der Waals surface area contributed by atoms with Gasteiger partial charge in [-0.25, -0.2) is 9.97 Å². The molecule has 5 rings (SSSR count). The van der Waals surface area contributed by atoms with Crippen molar-refractivity contribution < 1.29 is 18.9 Å². The number of benzene rings is 2. The molecule has 0 saturated heterocycles. The number of hydrogen-bond donors (Lipinski definition) is 2. The molecule has 1 aromatic heterocycles. The van der Waals surface area contributed by atoms with E-state index >= 15 is 0 Å². The van der Waals surface area contributed by atoms with Gasteiger partial charge in [0.15, 0.2) is 23.0 Å². The zero-order valence-electron chi connectivity index (χ0n) is 22.6. The maximum Gasteiger partial charge on any atom is 0.231 e. The molecule has 0 amide bonds. The summed E-state index contributed by atoms with van der Waals surface area (Å²) in [6.07, 6.45) is 3.40. The first-order valence-electron chi connectivity index (χ1n) is 13.4. The highest BCUT2D eigenvalue weighted by Gasteiger charge is 2.23. The van der Waals surface area contributed by atoms with Crippen molar-refractivity contribution in [2.75, 3.05) is 72.1 Å². The molecule has 0 saturated carbocycles. The zero-order chi connectivity index (χ0) is 26.3. The Kier molecular flexibility index (Phi) is 8.62. The number of hydrogen-bond acceptors (Lipinski definition) is 10. The summed E-state index contributed by atoms with van der Waals surface area (Å²) in [4.78, 5) is 13.7. The van der Waals surface area contributed by atoms with Gasteiger partial charge >= 0.3 is 0 Å². The van der Waals surface area contributed by atoms with Crippen LogP contribution in [0.15, 0.2) is 30.6 Å². The number of aromatic nitrogens is 2. The van der Waals surface area contributed by atoms with Crippen LogP contribution in [0.4, 0.5) is 11.5 Å². The molecule has 204 valence electrons. The van der Waals surface area contributed by atoms with Crippen LogP contribution in [-0.2, 0) is 6.54 Å². The van der Waals surface area contributed by atoms with E-state index < -0.39 is 0 Å². The summed E-state index contributed by atoms with van der Waals surface area (Å²) in [5.41, 5.74) is 2.74. The van der Waals surface area contributed by atoms with Crippen LogP contribution >= 0.6 is 0 Å². The first kappa shape index (κ1) is 26.3. The summed E-state index contributed by atoms with van der Waals surface area (Å²) in [5.74, 6) is 3.51. The van der Waals surface area contributed by atoms with Gasteiger partial charge in [-0.1, -0.05) is 13.0 Å². The molecule has 0 aliphatic carbocycles. The van der Waals surface area contributed by atoms with Crippen LogP contribution in [0.2, 0.25) is 0 Å². The monoisotopic (exact) mass is 522 g/mol. The summed E-state index contributed by atoms with van der Waals surface area (Å²) in [6.45, 7) is 8.99. The topological polar surface area (TPSA) is 93.2 Å². The number of fused-ring (bicyclic) bond motifs is 4. The van der Waals surface area contributed by atoms with Crippen molar-refractivity contribution in [2.45, 2.75) is 26.3 Å². The number of rotatable bonds is 6. The van der Waals surface area contributed by atoms with Gasteiger partial charge in [0.05, 0.1) is 24.4 Å². The SMILES string of the molecule is CCN(C)CCCOc1cc2ncnc3c2cc1OCCCNCCN(C)Cc1ccc2c(c1N3)OCO2. The van der Waals surface area contributed by atoms with Gasteiger partial charge in [-0.15, -0.1) is 0 Å². The van der Waals surface area contributed by atoms with Crippen LogP contribution in [-0.4, -0.2) is 86.6 Å². The second kappa shape index (κ2) is 12.5. The number of likely N-dealkylation sites (N-methyl/N-ethyl adjacent to an activating group) is 1. The maximum absolute atomic E-state index is 6.25. The third-order valence-corrected chi connectivity index (χ3v) is 6.92. The van der Waals surface area contributed by atoms with E-state index in [0.29, 0.717) is 36.3 Å². The molecule has 0 spiro atoms. The molecule has 0 unspecified atom stereocenters. The highest BCUT2D eigenvalue weighted by Crippen LogP contribution is 2.44. The van der Waals surface area contributed by atoms with Gasteiger partial charge in [-0.05, 0) is 57.7 Å². The van der Waals surface area contributed by atoms with Crippen molar-refractivity contribution in [3.63, 3.8) is 0 Å². The normalized spacial score (nSPS) is 16.3. The fraction of sp³-hybridized carbons (Fsp3) is 0.500. The van der Waals surface area contributed by atoms with Crippen LogP contribution in [0.5, 0.6) is 23.0 Å². The molecular weight excluding hydrogens is 484 g/mol. The number of nitrogens with zero attached hydrogens (tertiary/aromatic N) is 4. The van der Waals surface area contributed by atoms with Gasteiger partial charge in [-0.2, -0.15) is 0 Å². The van der Waals surface area contributed by atoms with E-state index in [4.69, 9.17) is 18.9 Å². The number of nitrogens with one attached hydrogen (secondary N) is 2. The molecule has 10 nitrogen and oxygen atoms in total. The van der Waals surface area contributed by atoms with E-state index in [1.54, 1.807) is 6.33 Å². The molecule has 38 heavy (non-hydrogen) atoms. The van der Waals surface area contributed by atoms with Crippen LogP contribution in [0.3, 0.4) is 0 Å². The fourth-order valence-corrected chi connectivity index (χ4v) is 4.61. The summed E-state index contributed by atoms with van der Waals surface area (Å²) >= 11 is 0. The first-order valence-corrected chi connectivity index (χ1v) is 13.4. The Morgan fingerprint density at radius 3 is 2.92 bits per heavy atom. The van der Waals surface area contributed by atoms with E-state index in [-0.39, 0.29) is 6.79 Å². The van der Waals surface area contributed by atoms with Crippen LogP contribution in [0.25, 0.3) is 10.9 Å². The van der Waals surface area contributed by atoms with E-state index in [0.717, 1.165) is 80.0 Å². The lowest BCUT2D eigenvalue weighted by molar-refractivity contribution is 0.174. The zero-order valence-corrected chi connectivity index (χ0v) is 22.6. The Balaban J connectivity index is 1.50. The fourth-order valence-electron chi connectivity index (χ4n) is 4.61. The molecule has 0 fully saturated rings. The standard InChI is InChI=1S/C28H38N6O4/c1-4-33(2)11-6-14-36-25-16-22-21-15-24(25)35-13-5-9-29-10-12-34(3)17-20-7-8-23-27(38-19-37-23)26(20)32-28(21)31-18-30-22/h7-8,15-16,18,29H,4-6,9-14,17,19H2,1-3H3,(H,30,31,32). The van der Waals surface area contributed by atoms with Crippen LogP contribution < -0.4 is 29.6 Å². The first-order chi connectivity index (χ1) is 18.6. The molecule has 2 aliphatic rings. The summed E-state index contributed by atoms with van der Waals surface area (Å²) in [7, 11) is 4.24. The van der Waals surface area contributed by atoms with Crippen molar-refractivity contribution in [1.29, 1.82) is 0 Å². The highest BCUT2D eigenvalue weighted by atomic mass is 16.7. The summed E-state index contributed by atoms with van der Waals surface area (Å²) < 4.78 is 24.0. The summed E-state index contributed by atoms with van der Waals surface area (Å²) in [6, 6.07) is 7.99. The van der Waals surface area contributed by atoms with Crippen molar-refractivity contribution in [3.05, 3.63) is 36.2 Å². The predicted molar refractivity (Wildman–Crippen MR) is 148 cm³/mol. The van der Waals surface area contributed by atoms with Gasteiger partial charge in [0.2, 0.25) is 6.79 Å². The predicted octanol–water partition coefficient (Wildman–Crippen LogP) is 3.63. The van der Waals surface area contributed by atoms with E-state index in [1.807, 2.05) is 18.2 Å². The Hall–Kier alpha value is -3.34. The van der Waals surface area contributed by atoms with E-state index in [9.17, 15) is 0 Å². The lowest BCUT2D eigenvalue weighted by Gasteiger charge is -2.21. The molecule has 0 radical (unpaired) electrons. The largest absolute Gasteiger partial charge is 0.490 e. The molecule has 2 aliphatic heterocycles. The second-order valence-corrected chi connectivity index (χ2v) is 9.78. The lowest BCUT2D eigenvalue weighted by atomic mass is 10.1. The highest BCUT2D eigenvalue weighted by molar-refractivity contribution is 5.94. The van der Waals surface area contributed by atoms with Gasteiger partial charge in [0.25, 0.3) is 0 Å². The molecule has 2 aromatic carbocycles. The Morgan fingerprint density at radius 2 is 2.03 bits per heavy atom. The number of anilines is 2. The molecule has 2 bridgehead atoms. The van der Waals surface area contributed by atoms with E-state index in [1.165, 1.54) is 0 Å². The maximum atomic E-state index is 6.25. The third kappa shape index (κ3) is 6.20. The molecule has 0 atom stereocenters. The average molecular weight is 523 g/mol. The third-order valence-electron chi connectivity index (χ3n) is 6.92. The Morgan fingerprint density at radius 1 is 1.11 bits per heavy atom. The molecule has 3 heterocycles. The van der Waals surface area contributed by atoms with Crippen molar-refractivity contribution in [1.82, 2.24) is 25.1 Å². The minimum atomic E-state index is 0.199. The van der Waals surface area contributed by atoms with Crippen molar-refractivity contribution in [2.24, 2.45) is 0 Å². The average Bonchev–Trinajstić information content (AvgIpc) is 3.40. The Labute approximate surface area is 224 Å². The minimum Gasteiger partial charge on any atom is -0.490 e. The van der Waals surface area contributed by atoms with Gasteiger partial charge in [0, 0.05) is 37.6 Å². The Bertz CT molecular complexity index is 1240. The minimum absolute atomic E-state index is 0.199. The smallest absolute Gasteiger partial charge is 0.231 e. The van der Waals surface area contributed by atoms with Crippen molar-refractivity contribution in [3.8, 4) is 23.0 Å². The van der Waals surface area contributed by atoms with Gasteiger partial charge < -0.3 is 39.4 Å². The van der Waals surface area contributed by atoms with Crippen LogP contribution in [0.1, 0.15) is 25.3 Å². The lowest BCUT2D eigenvalue weighted by Crippen LogP contribution is -2.30. The van der Waals surface area contributed by atoms with Gasteiger partial charge in [-0.3, -0.25) is 0 Å². The van der Waals surface area contributed by atoms with Gasteiger partial charge in [0.1, 0.15) is 12.1 Å². The second-order valence-electron chi connectivity index (χ2n) is 9.78. The number of ether oxygens (including phenoxy) is 4. The quantitative estimate of drug-likeness (QED) is 0.468. The molecule has 3 aromatic rings. The molecule has 10 heteroatoms. The summed E-state index contributed by atoms with van der Waals surface area (Å²) in [5, 5.41) is 7.92. The van der Waals surface area contributed by atoms with Crippen molar-refractivity contribution >= 4 is 22.4 Å².